The van der Waals surface area contributed by atoms with Crippen molar-refractivity contribution in [1.82, 2.24) is 15.0 Å². The van der Waals surface area contributed by atoms with E-state index >= 15 is 0 Å². The first kappa shape index (κ1) is 8.18. The SMILES string of the molecule is O=c1[nH]c(=O)c2cc(Br)ncc2[nH]1. The van der Waals surface area contributed by atoms with Gasteiger partial charge >= 0.3 is 5.69 Å². The van der Waals surface area contributed by atoms with Crippen molar-refractivity contribution in [2.75, 3.05) is 0 Å². The molecule has 0 saturated heterocycles. The van der Waals surface area contributed by atoms with Gasteiger partial charge in [0, 0.05) is 0 Å². The number of aromatic nitrogens is 3. The summed E-state index contributed by atoms with van der Waals surface area (Å²) in [5.41, 5.74) is -0.513. The highest BCUT2D eigenvalue weighted by Crippen LogP contribution is 2.09. The van der Waals surface area contributed by atoms with Crippen LogP contribution < -0.4 is 11.2 Å². The van der Waals surface area contributed by atoms with Gasteiger partial charge in [-0.25, -0.2) is 9.78 Å². The van der Waals surface area contributed by atoms with Gasteiger partial charge in [0.25, 0.3) is 5.56 Å². The van der Waals surface area contributed by atoms with Gasteiger partial charge in [-0.1, -0.05) is 0 Å². The van der Waals surface area contributed by atoms with Gasteiger partial charge in [0.2, 0.25) is 0 Å². The average molecular weight is 242 g/mol. The Bertz CT molecular complexity index is 572. The number of pyridine rings is 1. The average Bonchev–Trinajstić information content (AvgIpc) is 2.06. The van der Waals surface area contributed by atoms with Crippen molar-refractivity contribution in [2.24, 2.45) is 0 Å². The summed E-state index contributed by atoms with van der Waals surface area (Å²) in [7, 11) is 0. The fourth-order valence-corrected chi connectivity index (χ4v) is 1.37. The number of hydrogen-bond acceptors (Lipinski definition) is 3. The third-order valence-corrected chi connectivity index (χ3v) is 2.02. The molecule has 6 heteroatoms. The molecule has 0 unspecified atom stereocenters. The molecule has 2 aromatic heterocycles. The Hall–Kier alpha value is -1.43. The molecule has 0 aliphatic heterocycles. The zero-order chi connectivity index (χ0) is 9.42. The minimum atomic E-state index is -0.526. The summed E-state index contributed by atoms with van der Waals surface area (Å²) < 4.78 is 0.553. The van der Waals surface area contributed by atoms with E-state index in [0.717, 1.165) is 0 Å². The van der Waals surface area contributed by atoms with E-state index in [0.29, 0.717) is 15.5 Å². The molecule has 0 atom stereocenters. The van der Waals surface area contributed by atoms with Gasteiger partial charge in [0.05, 0.1) is 17.1 Å². The molecular formula is C7H4BrN3O2. The molecule has 5 nitrogen and oxygen atoms in total. The minimum absolute atomic E-state index is 0.404. The molecule has 13 heavy (non-hydrogen) atoms. The van der Waals surface area contributed by atoms with Crippen LogP contribution in [0.15, 0.2) is 26.5 Å². The maximum Gasteiger partial charge on any atom is 0.326 e. The Morgan fingerprint density at radius 1 is 1.31 bits per heavy atom. The van der Waals surface area contributed by atoms with Crippen LogP contribution in [0, 0.1) is 0 Å². The molecular weight excluding hydrogens is 238 g/mol. The Balaban J connectivity index is 3.04. The lowest BCUT2D eigenvalue weighted by molar-refractivity contribution is 1.07. The predicted octanol–water partition coefficient (Wildman–Crippen LogP) is 0.374. The van der Waals surface area contributed by atoms with Crippen molar-refractivity contribution in [3.63, 3.8) is 0 Å². The predicted molar refractivity (Wildman–Crippen MR) is 50.7 cm³/mol. The summed E-state index contributed by atoms with van der Waals surface area (Å²) in [6.07, 6.45) is 1.43. The third kappa shape index (κ3) is 1.40. The molecule has 2 rings (SSSR count). The van der Waals surface area contributed by atoms with Crippen LogP contribution in [0.5, 0.6) is 0 Å². The van der Waals surface area contributed by atoms with E-state index in [-0.39, 0.29) is 0 Å². The quantitative estimate of drug-likeness (QED) is 0.655. The van der Waals surface area contributed by atoms with Gasteiger partial charge in [-0.05, 0) is 22.0 Å². The number of fused-ring (bicyclic) bond motifs is 1. The molecule has 0 bridgehead atoms. The fourth-order valence-electron chi connectivity index (χ4n) is 1.04. The molecule has 2 aromatic rings. The Morgan fingerprint density at radius 3 is 2.85 bits per heavy atom. The van der Waals surface area contributed by atoms with E-state index in [1.54, 1.807) is 6.07 Å². The van der Waals surface area contributed by atoms with E-state index < -0.39 is 11.2 Å². The fraction of sp³-hybridized carbons (Fsp3) is 0. The van der Waals surface area contributed by atoms with E-state index in [1.165, 1.54) is 6.20 Å². The van der Waals surface area contributed by atoms with Crippen LogP contribution >= 0.6 is 15.9 Å². The third-order valence-electron chi connectivity index (χ3n) is 1.59. The van der Waals surface area contributed by atoms with Gasteiger partial charge in [0.1, 0.15) is 4.60 Å². The van der Waals surface area contributed by atoms with Crippen LogP contribution in [0.25, 0.3) is 10.9 Å². The van der Waals surface area contributed by atoms with Crippen LogP contribution in [0.4, 0.5) is 0 Å². The maximum absolute atomic E-state index is 11.2. The molecule has 2 heterocycles. The van der Waals surface area contributed by atoms with Gasteiger partial charge in [-0.15, -0.1) is 0 Å². The van der Waals surface area contributed by atoms with Gasteiger partial charge < -0.3 is 4.98 Å². The number of rotatable bonds is 0. The summed E-state index contributed by atoms with van der Waals surface area (Å²) >= 11 is 3.13. The second-order valence-corrected chi connectivity index (χ2v) is 3.27. The summed E-state index contributed by atoms with van der Waals surface area (Å²) in [6.45, 7) is 0. The Labute approximate surface area is 80.0 Å². The lowest BCUT2D eigenvalue weighted by Crippen LogP contribution is -2.21. The zero-order valence-corrected chi connectivity index (χ0v) is 7.88. The van der Waals surface area contributed by atoms with Crippen molar-refractivity contribution < 1.29 is 0 Å². The number of halogens is 1. The van der Waals surface area contributed by atoms with Crippen LogP contribution in [-0.4, -0.2) is 15.0 Å². The van der Waals surface area contributed by atoms with E-state index in [1.807, 2.05) is 0 Å². The monoisotopic (exact) mass is 241 g/mol. The molecule has 0 aliphatic carbocycles. The van der Waals surface area contributed by atoms with Crippen molar-refractivity contribution in [2.45, 2.75) is 0 Å². The second-order valence-electron chi connectivity index (χ2n) is 2.46. The summed E-state index contributed by atoms with van der Waals surface area (Å²) in [6, 6.07) is 1.55. The lowest BCUT2D eigenvalue weighted by atomic mass is 10.3. The zero-order valence-electron chi connectivity index (χ0n) is 6.30. The van der Waals surface area contributed by atoms with Crippen LogP contribution in [-0.2, 0) is 0 Å². The molecule has 0 aliphatic rings. The highest BCUT2D eigenvalue weighted by molar-refractivity contribution is 9.10. The first-order chi connectivity index (χ1) is 6.16. The first-order valence-electron chi connectivity index (χ1n) is 3.45. The minimum Gasteiger partial charge on any atom is -0.305 e. The molecule has 2 N–H and O–H groups in total. The van der Waals surface area contributed by atoms with Gasteiger partial charge in [-0.3, -0.25) is 9.78 Å². The Kier molecular flexibility index (Phi) is 1.77. The van der Waals surface area contributed by atoms with Crippen molar-refractivity contribution >= 4 is 26.8 Å². The van der Waals surface area contributed by atoms with E-state index in [4.69, 9.17) is 0 Å². The lowest BCUT2D eigenvalue weighted by Gasteiger charge is -1.94. The molecule has 0 spiro atoms. The topological polar surface area (TPSA) is 78.6 Å². The molecule has 66 valence electrons. The number of hydrogen-bond donors (Lipinski definition) is 2. The summed E-state index contributed by atoms with van der Waals surface area (Å²) in [5, 5.41) is 0.404. The van der Waals surface area contributed by atoms with Crippen molar-refractivity contribution in [3.05, 3.63) is 37.7 Å². The van der Waals surface area contributed by atoms with Crippen LogP contribution in [0.1, 0.15) is 0 Å². The molecule has 0 radical (unpaired) electrons. The van der Waals surface area contributed by atoms with Crippen LogP contribution in [0.2, 0.25) is 0 Å². The highest BCUT2D eigenvalue weighted by Gasteiger charge is 2.00. The Morgan fingerprint density at radius 2 is 2.08 bits per heavy atom. The van der Waals surface area contributed by atoms with Crippen molar-refractivity contribution in [3.8, 4) is 0 Å². The van der Waals surface area contributed by atoms with Gasteiger partial charge in [-0.2, -0.15) is 0 Å². The molecule has 0 saturated carbocycles. The van der Waals surface area contributed by atoms with E-state index in [2.05, 4.69) is 30.9 Å². The molecule has 0 fully saturated rings. The normalized spacial score (nSPS) is 10.5. The molecule has 0 aromatic carbocycles. The summed E-state index contributed by atoms with van der Waals surface area (Å²) in [5.74, 6) is 0. The summed E-state index contributed by atoms with van der Waals surface area (Å²) in [4.78, 5) is 30.5. The standard InChI is InChI=1S/C7H4BrN3O2/c8-5-1-3-4(2-9-5)10-7(13)11-6(3)12/h1-2H,(H2,10,11,12,13). The molecule has 0 amide bonds. The number of aromatic amines is 2. The van der Waals surface area contributed by atoms with Gasteiger partial charge in [0.15, 0.2) is 0 Å². The van der Waals surface area contributed by atoms with Crippen molar-refractivity contribution in [1.29, 1.82) is 0 Å². The van der Waals surface area contributed by atoms with Crippen LogP contribution in [0.3, 0.4) is 0 Å². The first-order valence-corrected chi connectivity index (χ1v) is 4.24. The second kappa shape index (κ2) is 2.81. The number of nitrogens with one attached hydrogen (secondary N) is 2. The van der Waals surface area contributed by atoms with E-state index in [9.17, 15) is 9.59 Å². The number of H-pyrrole nitrogens is 2. The number of nitrogens with zero attached hydrogens (tertiary/aromatic N) is 1. The highest BCUT2D eigenvalue weighted by atomic mass is 79.9. The largest absolute Gasteiger partial charge is 0.326 e. The smallest absolute Gasteiger partial charge is 0.305 e. The maximum atomic E-state index is 11.2.